The molecule has 1 rings (SSSR count). The summed E-state index contributed by atoms with van der Waals surface area (Å²) in [5.41, 5.74) is -1.05. The van der Waals surface area contributed by atoms with E-state index in [4.69, 9.17) is 4.52 Å². The summed E-state index contributed by atoms with van der Waals surface area (Å²) in [7, 11) is -3.63. The zero-order chi connectivity index (χ0) is 25.9. The van der Waals surface area contributed by atoms with Crippen molar-refractivity contribution >= 4 is 13.4 Å². The standard InChI is InChI=1S/C26H51N2O4P/c1-12-20(2)24(6,7)19-25(8,9)22(29)28-15-13-21(14-16-28)17-33(31,27-30)32-26(10,11)18-23(3,4)5/h20-21H,12-19H2,1-11H3. The highest BCUT2D eigenvalue weighted by Gasteiger charge is 2.42. The Labute approximate surface area is 203 Å². The quantitative estimate of drug-likeness (QED) is 0.220. The summed E-state index contributed by atoms with van der Waals surface area (Å²) in [5.74, 6) is 0.808. The Morgan fingerprint density at radius 2 is 1.55 bits per heavy atom. The van der Waals surface area contributed by atoms with E-state index < -0.39 is 18.5 Å². The van der Waals surface area contributed by atoms with E-state index in [1.807, 2.05) is 18.7 Å². The zero-order valence-electron chi connectivity index (χ0n) is 23.3. The molecule has 1 aliphatic rings. The van der Waals surface area contributed by atoms with E-state index in [-0.39, 0.29) is 28.8 Å². The first-order chi connectivity index (χ1) is 14.8. The molecule has 7 heteroatoms. The average molecular weight is 487 g/mol. The second kappa shape index (κ2) is 10.9. The van der Waals surface area contributed by atoms with Gasteiger partial charge in [0.15, 0.2) is 0 Å². The number of nitrogens with zero attached hydrogens (tertiary/aromatic N) is 2. The largest absolute Gasteiger partial charge is 0.353 e. The SMILES string of the molecule is CCC(C)C(C)(C)CC(C)(C)C(=O)N1CCC(CP(=O)(N=O)OC(C)(C)CC(C)(C)C)CC1. The molecule has 194 valence electrons. The minimum atomic E-state index is -3.63. The van der Waals surface area contributed by atoms with Crippen LogP contribution in [0.1, 0.15) is 108 Å². The molecule has 6 nitrogen and oxygen atoms in total. The number of piperidine rings is 1. The second-order valence-electron chi connectivity index (χ2n) is 13.6. The first kappa shape index (κ1) is 30.3. The first-order valence-corrected chi connectivity index (χ1v) is 14.5. The van der Waals surface area contributed by atoms with Crippen molar-refractivity contribution in [2.45, 2.75) is 114 Å². The Bertz CT molecular complexity index is 716. The van der Waals surface area contributed by atoms with Crippen molar-refractivity contribution < 1.29 is 13.9 Å². The van der Waals surface area contributed by atoms with Gasteiger partial charge in [-0.3, -0.25) is 9.36 Å². The lowest BCUT2D eigenvalue weighted by Crippen LogP contribution is -2.47. The smallest absolute Gasteiger partial charge is 0.342 e. The molecule has 0 aromatic heterocycles. The van der Waals surface area contributed by atoms with Crippen molar-refractivity contribution in [3.8, 4) is 0 Å². The van der Waals surface area contributed by atoms with Crippen LogP contribution in [0.4, 0.5) is 0 Å². The fraction of sp³-hybridized carbons (Fsp3) is 0.962. The molecule has 1 heterocycles. The molecule has 0 N–H and O–H groups in total. The predicted molar refractivity (Wildman–Crippen MR) is 138 cm³/mol. The number of amides is 1. The Kier molecular flexibility index (Phi) is 10.00. The summed E-state index contributed by atoms with van der Waals surface area (Å²) in [5, 5.41) is 0. The molecule has 2 unspecified atom stereocenters. The average Bonchev–Trinajstić information content (AvgIpc) is 2.63. The highest BCUT2D eigenvalue weighted by Crippen LogP contribution is 2.55. The van der Waals surface area contributed by atoms with Crippen molar-refractivity contribution in [3.05, 3.63) is 4.91 Å². The molecule has 0 aliphatic carbocycles. The van der Waals surface area contributed by atoms with Gasteiger partial charge in [-0.25, -0.2) is 0 Å². The number of nitroso groups, excluding NO2 is 1. The van der Waals surface area contributed by atoms with Crippen LogP contribution >= 0.6 is 7.52 Å². The summed E-state index contributed by atoms with van der Waals surface area (Å²) in [6, 6.07) is 0. The van der Waals surface area contributed by atoms with Crippen LogP contribution in [0.2, 0.25) is 0 Å². The number of hydrogen-bond acceptors (Lipinski definition) is 4. The molecule has 1 fully saturated rings. The van der Waals surface area contributed by atoms with Gasteiger partial charge in [0.2, 0.25) is 5.91 Å². The highest BCUT2D eigenvalue weighted by atomic mass is 31.2. The van der Waals surface area contributed by atoms with E-state index in [0.29, 0.717) is 25.4 Å². The summed E-state index contributed by atoms with van der Waals surface area (Å²) in [6.07, 6.45) is 4.22. The number of hydrogen-bond donors (Lipinski definition) is 0. The Balaban J connectivity index is 2.75. The van der Waals surface area contributed by atoms with Crippen LogP contribution in [0.25, 0.3) is 0 Å². The second-order valence-corrected chi connectivity index (χ2v) is 15.6. The fourth-order valence-electron chi connectivity index (χ4n) is 5.80. The third-order valence-electron chi connectivity index (χ3n) is 7.28. The molecule has 0 radical (unpaired) electrons. The van der Waals surface area contributed by atoms with E-state index >= 15 is 0 Å². The molecule has 0 bridgehead atoms. The molecule has 1 amide bonds. The predicted octanol–water partition coefficient (Wildman–Crippen LogP) is 7.90. The zero-order valence-corrected chi connectivity index (χ0v) is 24.2. The summed E-state index contributed by atoms with van der Waals surface area (Å²) in [6.45, 7) is 24.4. The van der Waals surface area contributed by atoms with Gasteiger partial charge in [-0.1, -0.05) is 68.7 Å². The third kappa shape index (κ3) is 9.43. The number of carbonyl (C=O) groups excluding carboxylic acids is 1. The Morgan fingerprint density at radius 3 is 1.97 bits per heavy atom. The van der Waals surface area contributed by atoms with E-state index in [2.05, 4.69) is 67.3 Å². The molecular formula is C26H51N2O4P. The van der Waals surface area contributed by atoms with Crippen LogP contribution in [-0.4, -0.2) is 35.7 Å². The molecule has 0 spiro atoms. The van der Waals surface area contributed by atoms with Gasteiger partial charge in [-0.05, 0) is 62.2 Å². The van der Waals surface area contributed by atoms with Gasteiger partial charge in [0, 0.05) is 23.5 Å². The molecule has 0 aromatic carbocycles. The van der Waals surface area contributed by atoms with Gasteiger partial charge in [-0.15, -0.1) is 4.91 Å². The summed E-state index contributed by atoms with van der Waals surface area (Å²) < 4.78 is 19.1. The Morgan fingerprint density at radius 1 is 1.03 bits per heavy atom. The molecule has 33 heavy (non-hydrogen) atoms. The monoisotopic (exact) mass is 486 g/mol. The van der Waals surface area contributed by atoms with Crippen LogP contribution in [0.3, 0.4) is 0 Å². The van der Waals surface area contributed by atoms with Crippen LogP contribution in [0.5, 0.6) is 0 Å². The Hall–Kier alpha value is -0.740. The van der Waals surface area contributed by atoms with E-state index in [0.717, 1.165) is 25.7 Å². The summed E-state index contributed by atoms with van der Waals surface area (Å²) >= 11 is 0. The molecule has 1 aliphatic heterocycles. The normalized spacial score (nSPS) is 19.8. The van der Waals surface area contributed by atoms with Gasteiger partial charge >= 0.3 is 7.52 Å². The van der Waals surface area contributed by atoms with Crippen LogP contribution in [0.15, 0.2) is 4.95 Å². The molecule has 2 atom stereocenters. The lowest BCUT2D eigenvalue weighted by molar-refractivity contribution is -0.144. The fourth-order valence-corrected chi connectivity index (χ4v) is 7.83. The van der Waals surface area contributed by atoms with Crippen molar-refractivity contribution in [1.29, 1.82) is 0 Å². The third-order valence-corrected chi connectivity index (χ3v) is 9.29. The van der Waals surface area contributed by atoms with Crippen LogP contribution < -0.4 is 0 Å². The highest BCUT2D eigenvalue weighted by molar-refractivity contribution is 7.57. The van der Waals surface area contributed by atoms with Crippen molar-refractivity contribution in [3.63, 3.8) is 0 Å². The number of rotatable bonds is 11. The molecule has 1 saturated heterocycles. The van der Waals surface area contributed by atoms with Crippen LogP contribution in [-0.2, 0) is 13.9 Å². The first-order valence-electron chi connectivity index (χ1n) is 12.7. The molecule has 0 aromatic rings. The molecule has 0 saturated carbocycles. The maximum Gasteiger partial charge on any atom is 0.353 e. The maximum absolute atomic E-state index is 13.4. The lowest BCUT2D eigenvalue weighted by Gasteiger charge is -2.42. The van der Waals surface area contributed by atoms with Crippen LogP contribution in [0, 0.1) is 33.0 Å². The van der Waals surface area contributed by atoms with E-state index in [9.17, 15) is 14.3 Å². The lowest BCUT2D eigenvalue weighted by atomic mass is 9.67. The number of likely N-dealkylation sites (tertiary alicyclic amines) is 1. The van der Waals surface area contributed by atoms with Gasteiger partial charge < -0.3 is 9.42 Å². The van der Waals surface area contributed by atoms with Gasteiger partial charge in [0.05, 0.1) is 11.8 Å². The summed E-state index contributed by atoms with van der Waals surface area (Å²) in [4.78, 5) is 29.9. The van der Waals surface area contributed by atoms with Gasteiger partial charge in [0.25, 0.3) is 0 Å². The minimum Gasteiger partial charge on any atom is -0.342 e. The van der Waals surface area contributed by atoms with Crippen molar-refractivity contribution in [2.24, 2.45) is 33.0 Å². The topological polar surface area (TPSA) is 76.0 Å². The van der Waals surface area contributed by atoms with Crippen molar-refractivity contribution in [2.75, 3.05) is 19.3 Å². The van der Waals surface area contributed by atoms with Crippen molar-refractivity contribution in [1.82, 2.24) is 4.90 Å². The van der Waals surface area contributed by atoms with E-state index in [1.165, 1.54) is 0 Å². The molecular weight excluding hydrogens is 435 g/mol. The van der Waals surface area contributed by atoms with Gasteiger partial charge in [0.1, 0.15) is 0 Å². The van der Waals surface area contributed by atoms with Gasteiger partial charge in [-0.2, -0.15) is 0 Å². The minimum absolute atomic E-state index is 0.0147. The maximum atomic E-state index is 13.4. The van der Waals surface area contributed by atoms with E-state index in [1.54, 1.807) is 0 Å². The number of carbonyl (C=O) groups is 1.